The second-order valence-electron chi connectivity index (χ2n) is 8.92. The van der Waals surface area contributed by atoms with Gasteiger partial charge in [0, 0.05) is 34.1 Å². The number of ether oxygens (including phenoxy) is 1. The van der Waals surface area contributed by atoms with E-state index in [1.54, 1.807) is 5.57 Å². The van der Waals surface area contributed by atoms with Crippen molar-refractivity contribution in [2.75, 3.05) is 24.6 Å². The van der Waals surface area contributed by atoms with Crippen molar-refractivity contribution in [1.82, 2.24) is 4.90 Å². The number of fused-ring (bicyclic) bond motifs is 2. The number of carbonyl (C=O) groups excluding carboxylic acids is 1. The zero-order valence-electron chi connectivity index (χ0n) is 14.5. The first-order chi connectivity index (χ1) is 12.7. The van der Waals surface area contributed by atoms with E-state index in [0.717, 1.165) is 17.6 Å². The number of hydrogen-bond acceptors (Lipinski definition) is 3. The average molecular weight is 413 g/mol. The first kappa shape index (κ1) is 14.8. The third kappa shape index (κ3) is 1.48. The van der Waals surface area contributed by atoms with E-state index in [9.17, 15) is 4.79 Å². The first-order valence-electron chi connectivity index (χ1n) is 9.85. The summed E-state index contributed by atoms with van der Waals surface area (Å²) in [4.78, 5) is 18.1. The summed E-state index contributed by atoms with van der Waals surface area (Å²) in [6, 6.07) is 7.41. The summed E-state index contributed by atoms with van der Waals surface area (Å²) < 4.78 is 7.39. The molecular weight excluding hydrogens is 392 g/mol. The largest absolute Gasteiger partial charge is 0.373 e. The minimum atomic E-state index is 0.0882. The molecule has 4 fully saturated rings. The highest BCUT2D eigenvalue weighted by Crippen LogP contribution is 2.65. The second-order valence-corrected chi connectivity index (χ2v) is 9.84. The smallest absolute Gasteiger partial charge is 0.229 e. The predicted molar refractivity (Wildman–Crippen MR) is 101 cm³/mol. The fourth-order valence-electron chi connectivity index (χ4n) is 7.52. The highest BCUT2D eigenvalue weighted by Gasteiger charge is 2.70. The van der Waals surface area contributed by atoms with Crippen molar-refractivity contribution < 1.29 is 9.53 Å². The van der Waals surface area contributed by atoms with Crippen LogP contribution in [-0.4, -0.2) is 48.7 Å². The third-order valence-corrected chi connectivity index (χ3v) is 8.76. The number of halogens is 1. The van der Waals surface area contributed by atoms with Gasteiger partial charge >= 0.3 is 0 Å². The second kappa shape index (κ2) is 4.62. The summed E-state index contributed by atoms with van der Waals surface area (Å²) in [6.07, 6.45) is 5.36. The van der Waals surface area contributed by atoms with E-state index >= 15 is 0 Å². The standard InChI is InChI=1S/C21H21BrN2O2/c22-12-1-2-15-14(7-12)21-4-5-23-10-11-3-6-26-16-9-18(25)24(15)20(21)19(16)13(11)8-17(21)23/h1-3,7,13,16-17,19-20H,4-6,8-10H2. The summed E-state index contributed by atoms with van der Waals surface area (Å²) in [5, 5.41) is 0. The van der Waals surface area contributed by atoms with Crippen molar-refractivity contribution in [1.29, 1.82) is 0 Å². The van der Waals surface area contributed by atoms with Gasteiger partial charge in [0.1, 0.15) is 0 Å². The molecule has 7 rings (SSSR count). The molecule has 6 atom stereocenters. The van der Waals surface area contributed by atoms with E-state index in [1.807, 2.05) is 0 Å². The number of piperidine rings is 2. The number of amides is 1. The Bertz CT molecular complexity index is 898. The number of nitrogens with zero attached hydrogens (tertiary/aromatic N) is 2. The molecule has 1 saturated carbocycles. The van der Waals surface area contributed by atoms with Crippen LogP contribution >= 0.6 is 15.9 Å². The van der Waals surface area contributed by atoms with Crippen molar-refractivity contribution >= 4 is 27.5 Å². The van der Waals surface area contributed by atoms with E-state index in [-0.39, 0.29) is 23.5 Å². The molecule has 5 aliphatic heterocycles. The molecule has 2 bridgehead atoms. The Morgan fingerprint density at radius 3 is 3.15 bits per heavy atom. The van der Waals surface area contributed by atoms with Gasteiger partial charge in [-0.2, -0.15) is 0 Å². The Kier molecular flexibility index (Phi) is 2.64. The van der Waals surface area contributed by atoms with Gasteiger partial charge in [-0.05, 0) is 49.1 Å². The van der Waals surface area contributed by atoms with Gasteiger partial charge in [0.15, 0.2) is 0 Å². The van der Waals surface area contributed by atoms with Gasteiger partial charge in [0.05, 0.1) is 25.2 Å². The summed E-state index contributed by atoms with van der Waals surface area (Å²) in [6.45, 7) is 2.93. The maximum atomic E-state index is 13.2. The maximum absolute atomic E-state index is 13.2. The van der Waals surface area contributed by atoms with Crippen molar-refractivity contribution in [3.63, 3.8) is 0 Å². The fourth-order valence-corrected chi connectivity index (χ4v) is 7.88. The van der Waals surface area contributed by atoms with Gasteiger partial charge in [0.25, 0.3) is 0 Å². The Balaban J connectivity index is 1.55. The molecule has 6 aliphatic rings. The van der Waals surface area contributed by atoms with Crippen LogP contribution < -0.4 is 4.90 Å². The number of carbonyl (C=O) groups is 1. The van der Waals surface area contributed by atoms with Crippen LogP contribution in [-0.2, 0) is 14.9 Å². The summed E-state index contributed by atoms with van der Waals surface area (Å²) in [5.74, 6) is 1.30. The monoisotopic (exact) mass is 412 g/mol. The van der Waals surface area contributed by atoms with Crippen LogP contribution in [0.25, 0.3) is 0 Å². The Labute approximate surface area is 161 Å². The quantitative estimate of drug-likeness (QED) is 0.614. The van der Waals surface area contributed by atoms with E-state index in [1.165, 1.54) is 24.1 Å². The van der Waals surface area contributed by atoms with E-state index in [2.05, 4.69) is 50.0 Å². The summed E-state index contributed by atoms with van der Waals surface area (Å²) in [5.41, 5.74) is 4.25. The molecule has 0 radical (unpaired) electrons. The lowest BCUT2D eigenvalue weighted by Gasteiger charge is -2.58. The molecule has 6 unspecified atom stereocenters. The zero-order chi connectivity index (χ0) is 17.2. The molecule has 0 N–H and O–H groups in total. The molecule has 1 aromatic rings. The Morgan fingerprint density at radius 1 is 1.31 bits per heavy atom. The number of benzene rings is 1. The molecule has 1 amide bonds. The van der Waals surface area contributed by atoms with Gasteiger partial charge < -0.3 is 9.64 Å². The van der Waals surface area contributed by atoms with Gasteiger partial charge in [-0.1, -0.05) is 27.6 Å². The van der Waals surface area contributed by atoms with Crippen molar-refractivity contribution in [3.05, 3.63) is 39.9 Å². The first-order valence-corrected chi connectivity index (χ1v) is 10.6. The van der Waals surface area contributed by atoms with E-state index in [4.69, 9.17) is 4.74 Å². The van der Waals surface area contributed by atoms with Crippen LogP contribution in [0, 0.1) is 11.8 Å². The van der Waals surface area contributed by atoms with Gasteiger partial charge in [-0.25, -0.2) is 0 Å². The van der Waals surface area contributed by atoms with Crippen LogP contribution in [0.1, 0.15) is 24.8 Å². The lowest BCUT2D eigenvalue weighted by atomic mass is 9.53. The van der Waals surface area contributed by atoms with Crippen molar-refractivity contribution in [2.24, 2.45) is 11.8 Å². The minimum absolute atomic E-state index is 0.0882. The van der Waals surface area contributed by atoms with Crippen LogP contribution in [0.2, 0.25) is 0 Å². The normalized spacial score (nSPS) is 44.7. The fraction of sp³-hybridized carbons (Fsp3) is 0.571. The molecular formula is C21H21BrN2O2. The number of anilines is 1. The number of rotatable bonds is 0. The van der Waals surface area contributed by atoms with Crippen LogP contribution in [0.4, 0.5) is 5.69 Å². The van der Waals surface area contributed by atoms with Gasteiger partial charge in [0.2, 0.25) is 5.91 Å². The average Bonchev–Trinajstić information content (AvgIpc) is 3.09. The molecule has 5 heterocycles. The Hall–Kier alpha value is -1.17. The Morgan fingerprint density at radius 2 is 2.23 bits per heavy atom. The molecule has 3 saturated heterocycles. The molecule has 1 aromatic carbocycles. The third-order valence-electron chi connectivity index (χ3n) is 8.27. The summed E-state index contributed by atoms with van der Waals surface area (Å²) in [7, 11) is 0. The zero-order valence-corrected chi connectivity index (χ0v) is 16.1. The highest BCUT2D eigenvalue weighted by molar-refractivity contribution is 9.10. The van der Waals surface area contributed by atoms with E-state index in [0.29, 0.717) is 30.9 Å². The highest BCUT2D eigenvalue weighted by atomic mass is 79.9. The topological polar surface area (TPSA) is 32.8 Å². The number of hydrogen-bond donors (Lipinski definition) is 0. The van der Waals surface area contributed by atoms with Crippen LogP contribution in [0.5, 0.6) is 0 Å². The molecule has 4 nitrogen and oxygen atoms in total. The van der Waals surface area contributed by atoms with Crippen LogP contribution in [0.15, 0.2) is 34.3 Å². The molecule has 5 heteroatoms. The predicted octanol–water partition coefficient (Wildman–Crippen LogP) is 2.86. The lowest BCUT2D eigenvalue weighted by Crippen LogP contribution is -2.69. The summed E-state index contributed by atoms with van der Waals surface area (Å²) >= 11 is 3.70. The molecule has 26 heavy (non-hydrogen) atoms. The van der Waals surface area contributed by atoms with E-state index < -0.39 is 0 Å². The minimum Gasteiger partial charge on any atom is -0.373 e. The molecule has 134 valence electrons. The van der Waals surface area contributed by atoms with Crippen molar-refractivity contribution in [3.8, 4) is 0 Å². The van der Waals surface area contributed by atoms with Crippen molar-refractivity contribution in [2.45, 2.75) is 42.9 Å². The maximum Gasteiger partial charge on any atom is 0.229 e. The van der Waals surface area contributed by atoms with Gasteiger partial charge in [-0.3, -0.25) is 9.69 Å². The molecule has 1 aliphatic carbocycles. The lowest BCUT2D eigenvalue weighted by molar-refractivity contribution is -0.132. The van der Waals surface area contributed by atoms with Crippen LogP contribution in [0.3, 0.4) is 0 Å². The molecule has 0 aromatic heterocycles. The van der Waals surface area contributed by atoms with Gasteiger partial charge in [-0.15, -0.1) is 0 Å². The molecule has 1 spiro atoms. The SMILES string of the molecule is O=C1CC2OCC=C3CN4CCC56c7cc(Br)ccc7N1C5C2C3CC46.